The highest BCUT2D eigenvalue weighted by Crippen LogP contribution is 2.55. The van der Waals surface area contributed by atoms with Crippen LogP contribution in [0.3, 0.4) is 0 Å². The number of rotatable bonds is 3. The van der Waals surface area contributed by atoms with Crippen molar-refractivity contribution in [1.82, 2.24) is 0 Å². The standard InChI is InChI=1S/C59H67BN2/c1-36-27-38(37-19-17-16-18-20-37)21-26-48(36)62-49-28-39(54(2,3)4)22-25-46(49)60-47-32-44-45(59(14,15)35-58(44,12)13)33-50(47)61(51-29-40(55(5,6)7)30-52(62)53(51)60)41-23-24-42-43(31-41)57(10,11)34-56(42,8)9/h16-33H,34-35H2,1-15H3. The molecule has 2 aliphatic carbocycles. The number of hydrogen-bond acceptors (Lipinski definition) is 2. The number of hydrogen-bond donors (Lipinski definition) is 0. The van der Waals surface area contributed by atoms with Gasteiger partial charge < -0.3 is 9.80 Å². The summed E-state index contributed by atoms with van der Waals surface area (Å²) in [4.78, 5) is 5.35. The SMILES string of the molecule is Cc1cc(-c2ccccc2)ccc1N1c2cc(C(C)(C)C)ccc2B2c3cc4c(cc3N(c3ccc5c(c3)C(C)(C)CC5(C)C)c3cc(C(C)(C)C)cc1c32)C(C)(C)CC4(C)C. The Balaban J connectivity index is 1.33. The molecule has 2 heterocycles. The van der Waals surface area contributed by atoms with Gasteiger partial charge in [0, 0.05) is 34.1 Å². The topological polar surface area (TPSA) is 6.48 Å². The van der Waals surface area contributed by atoms with E-state index in [4.69, 9.17) is 0 Å². The lowest BCUT2D eigenvalue weighted by Gasteiger charge is -2.46. The lowest BCUT2D eigenvalue weighted by atomic mass is 9.33. The van der Waals surface area contributed by atoms with E-state index in [0.717, 1.165) is 12.8 Å². The van der Waals surface area contributed by atoms with E-state index >= 15 is 0 Å². The van der Waals surface area contributed by atoms with E-state index in [9.17, 15) is 0 Å². The molecule has 0 saturated carbocycles. The number of benzene rings is 6. The van der Waals surface area contributed by atoms with Crippen molar-refractivity contribution < 1.29 is 0 Å². The van der Waals surface area contributed by atoms with Gasteiger partial charge in [-0.1, -0.05) is 158 Å². The molecular weight excluding hydrogens is 747 g/mol. The van der Waals surface area contributed by atoms with Crippen molar-refractivity contribution in [3.05, 3.63) is 148 Å². The lowest BCUT2D eigenvalue weighted by molar-refractivity contribution is 0.403. The monoisotopic (exact) mass is 815 g/mol. The van der Waals surface area contributed by atoms with Crippen LogP contribution >= 0.6 is 0 Å². The van der Waals surface area contributed by atoms with E-state index in [0.29, 0.717) is 0 Å². The van der Waals surface area contributed by atoms with E-state index in [2.05, 4.69) is 223 Å². The number of aryl methyl sites for hydroxylation is 1. The molecule has 0 bridgehead atoms. The van der Waals surface area contributed by atoms with Crippen LogP contribution in [0.1, 0.15) is 149 Å². The average molecular weight is 815 g/mol. The summed E-state index contributed by atoms with van der Waals surface area (Å²) in [5, 5.41) is 0. The van der Waals surface area contributed by atoms with Crippen LogP contribution in [0.4, 0.5) is 34.1 Å². The Morgan fingerprint density at radius 2 is 0.984 bits per heavy atom. The van der Waals surface area contributed by atoms with E-state index in [1.165, 1.54) is 101 Å². The third-order valence-electron chi connectivity index (χ3n) is 15.4. The van der Waals surface area contributed by atoms with Crippen molar-refractivity contribution in [2.75, 3.05) is 9.80 Å². The number of fused-ring (bicyclic) bond motifs is 6. The van der Waals surface area contributed by atoms with Crippen LogP contribution in [0, 0.1) is 6.92 Å². The second-order valence-electron chi connectivity index (χ2n) is 24.2. The first-order valence-electron chi connectivity index (χ1n) is 23.3. The van der Waals surface area contributed by atoms with Crippen LogP contribution in [-0.4, -0.2) is 6.71 Å². The summed E-state index contributed by atoms with van der Waals surface area (Å²) in [5.74, 6) is 0. The molecule has 0 aromatic heterocycles. The first kappa shape index (κ1) is 41.0. The molecular formula is C59H67BN2. The molecule has 62 heavy (non-hydrogen) atoms. The van der Waals surface area contributed by atoms with Gasteiger partial charge in [0.25, 0.3) is 6.71 Å². The summed E-state index contributed by atoms with van der Waals surface area (Å²) in [5.41, 5.74) is 24.6. The highest BCUT2D eigenvalue weighted by atomic mass is 15.2. The van der Waals surface area contributed by atoms with Crippen LogP contribution in [0.5, 0.6) is 0 Å². The molecule has 2 nitrogen and oxygen atoms in total. The van der Waals surface area contributed by atoms with Gasteiger partial charge >= 0.3 is 0 Å². The first-order chi connectivity index (χ1) is 28.9. The minimum absolute atomic E-state index is 0.0147. The van der Waals surface area contributed by atoms with Gasteiger partial charge in [-0.25, -0.2) is 0 Å². The van der Waals surface area contributed by atoms with Crippen molar-refractivity contribution in [2.45, 2.75) is 149 Å². The summed E-state index contributed by atoms with van der Waals surface area (Å²) >= 11 is 0. The Bertz CT molecular complexity index is 2840. The van der Waals surface area contributed by atoms with Crippen molar-refractivity contribution >= 4 is 57.2 Å². The van der Waals surface area contributed by atoms with Crippen LogP contribution < -0.4 is 26.2 Å². The largest absolute Gasteiger partial charge is 0.311 e. The fourth-order valence-corrected chi connectivity index (χ4v) is 12.7. The second kappa shape index (κ2) is 13.0. The molecule has 0 atom stereocenters. The molecule has 0 spiro atoms. The van der Waals surface area contributed by atoms with Crippen molar-refractivity contribution in [1.29, 1.82) is 0 Å². The fourth-order valence-electron chi connectivity index (χ4n) is 12.7. The number of nitrogens with zero attached hydrogens (tertiary/aromatic N) is 2. The lowest BCUT2D eigenvalue weighted by Crippen LogP contribution is -2.61. The Labute approximate surface area is 373 Å². The predicted molar refractivity (Wildman–Crippen MR) is 269 cm³/mol. The molecule has 10 rings (SSSR count). The summed E-state index contributed by atoms with van der Waals surface area (Å²) in [6, 6.07) is 43.3. The Morgan fingerprint density at radius 3 is 1.60 bits per heavy atom. The van der Waals surface area contributed by atoms with Crippen LogP contribution in [-0.2, 0) is 32.5 Å². The molecule has 6 aromatic carbocycles. The minimum Gasteiger partial charge on any atom is -0.311 e. The first-order valence-corrected chi connectivity index (χ1v) is 23.3. The molecule has 0 saturated heterocycles. The van der Waals surface area contributed by atoms with Gasteiger partial charge in [0.15, 0.2) is 0 Å². The molecule has 4 aliphatic rings. The van der Waals surface area contributed by atoms with Gasteiger partial charge in [0.1, 0.15) is 0 Å². The summed E-state index contributed by atoms with van der Waals surface area (Å²) in [7, 11) is 0. The maximum absolute atomic E-state index is 2.70. The maximum atomic E-state index is 2.70. The minimum atomic E-state index is -0.0910. The Kier molecular flexibility index (Phi) is 8.62. The highest BCUT2D eigenvalue weighted by molar-refractivity contribution is 7.00. The van der Waals surface area contributed by atoms with Gasteiger partial charge in [-0.3, -0.25) is 0 Å². The third-order valence-corrected chi connectivity index (χ3v) is 15.4. The summed E-state index contributed by atoms with van der Waals surface area (Å²) < 4.78 is 0. The molecule has 0 fully saturated rings. The van der Waals surface area contributed by atoms with E-state index < -0.39 is 0 Å². The zero-order chi connectivity index (χ0) is 44.3. The predicted octanol–water partition coefficient (Wildman–Crippen LogP) is 14.3. The average Bonchev–Trinajstić information content (AvgIpc) is 3.49. The van der Waals surface area contributed by atoms with Gasteiger partial charge in [0.05, 0.1) is 0 Å². The fraction of sp³-hybridized carbons (Fsp3) is 0.390. The smallest absolute Gasteiger partial charge is 0.252 e. The zero-order valence-electron chi connectivity index (χ0n) is 40.3. The van der Waals surface area contributed by atoms with E-state index in [1.54, 1.807) is 0 Å². The molecule has 0 N–H and O–H groups in total. The number of anilines is 6. The normalized spacial score (nSPS) is 18.5. The molecule has 3 heteroatoms. The van der Waals surface area contributed by atoms with Crippen molar-refractivity contribution in [3.63, 3.8) is 0 Å². The van der Waals surface area contributed by atoms with Gasteiger partial charge in [-0.15, -0.1) is 0 Å². The molecule has 316 valence electrons. The summed E-state index contributed by atoms with van der Waals surface area (Å²) in [6.45, 7) is 36.3. The molecule has 0 unspecified atom stereocenters. The van der Waals surface area contributed by atoms with Crippen molar-refractivity contribution in [2.24, 2.45) is 0 Å². The van der Waals surface area contributed by atoms with Gasteiger partial charge in [-0.2, -0.15) is 0 Å². The Hall–Kier alpha value is -5.02. The highest BCUT2D eigenvalue weighted by Gasteiger charge is 2.49. The van der Waals surface area contributed by atoms with E-state index in [1.807, 2.05) is 0 Å². The molecule has 2 aliphatic heterocycles. The molecule has 6 aromatic rings. The zero-order valence-corrected chi connectivity index (χ0v) is 40.3. The van der Waals surface area contributed by atoms with E-state index in [-0.39, 0.29) is 39.2 Å². The van der Waals surface area contributed by atoms with Gasteiger partial charge in [-0.05, 0) is 167 Å². The second-order valence-corrected chi connectivity index (χ2v) is 24.2. The quantitative estimate of drug-likeness (QED) is 0.164. The van der Waals surface area contributed by atoms with Gasteiger partial charge in [0.2, 0.25) is 0 Å². The Morgan fingerprint density at radius 1 is 0.435 bits per heavy atom. The third kappa shape index (κ3) is 6.11. The van der Waals surface area contributed by atoms with Crippen LogP contribution in [0.25, 0.3) is 11.1 Å². The van der Waals surface area contributed by atoms with Crippen LogP contribution in [0.2, 0.25) is 0 Å². The summed E-state index contributed by atoms with van der Waals surface area (Å²) in [6.07, 6.45) is 2.28. The molecule has 0 radical (unpaired) electrons. The van der Waals surface area contributed by atoms with Crippen molar-refractivity contribution in [3.8, 4) is 11.1 Å². The maximum Gasteiger partial charge on any atom is 0.252 e. The molecule has 0 amide bonds. The van der Waals surface area contributed by atoms with Crippen LogP contribution in [0.15, 0.2) is 109 Å².